The first-order chi connectivity index (χ1) is 14.7. The summed E-state index contributed by atoms with van der Waals surface area (Å²) in [6.07, 6.45) is 2.67. The van der Waals surface area contributed by atoms with Crippen LogP contribution in [0.2, 0.25) is 0 Å². The number of hydrogen-bond donors (Lipinski definition) is 1. The third-order valence-corrected chi connectivity index (χ3v) is 7.37. The van der Waals surface area contributed by atoms with Crippen molar-refractivity contribution in [1.82, 2.24) is 5.32 Å². The lowest BCUT2D eigenvalue weighted by molar-refractivity contribution is -0.148. The normalized spacial score (nSPS) is 15.2. The van der Waals surface area contributed by atoms with Gasteiger partial charge in [0.05, 0.1) is 24.8 Å². The number of hydrogen-bond acceptors (Lipinski definition) is 6. The second-order valence-electron chi connectivity index (χ2n) is 7.40. The average Bonchev–Trinajstić information content (AvgIpc) is 3.27. The van der Waals surface area contributed by atoms with Crippen molar-refractivity contribution in [3.8, 4) is 5.75 Å². The third kappa shape index (κ3) is 4.36. The lowest BCUT2D eigenvalue weighted by atomic mass is 9.97. The Hall–Kier alpha value is -3.07. The van der Waals surface area contributed by atoms with E-state index in [-0.39, 0.29) is 10.5 Å². The van der Waals surface area contributed by atoms with Crippen molar-refractivity contribution in [1.29, 1.82) is 0 Å². The van der Waals surface area contributed by atoms with E-state index in [9.17, 15) is 18.0 Å². The average molecular weight is 447 g/mol. The van der Waals surface area contributed by atoms with Crippen molar-refractivity contribution >= 4 is 27.6 Å². The zero-order chi connectivity index (χ0) is 22.6. The minimum atomic E-state index is -3.87. The Morgan fingerprint density at radius 1 is 1.00 bits per heavy atom. The highest BCUT2D eigenvalue weighted by atomic mass is 32.2. The zero-order valence-electron chi connectivity index (χ0n) is 17.8. The lowest BCUT2D eigenvalue weighted by Crippen LogP contribution is -2.53. The number of rotatable bonds is 7. The van der Waals surface area contributed by atoms with Gasteiger partial charge in [-0.25, -0.2) is 13.2 Å². The van der Waals surface area contributed by atoms with Crippen LogP contribution in [0.5, 0.6) is 5.75 Å². The molecule has 1 aliphatic rings. The predicted molar refractivity (Wildman–Crippen MR) is 116 cm³/mol. The first-order valence-corrected chi connectivity index (χ1v) is 11.3. The van der Waals surface area contributed by atoms with Gasteiger partial charge in [0.25, 0.3) is 15.9 Å². The van der Waals surface area contributed by atoms with E-state index < -0.39 is 27.4 Å². The third-order valence-electron chi connectivity index (χ3n) is 5.59. The van der Waals surface area contributed by atoms with Gasteiger partial charge in [-0.2, -0.15) is 0 Å². The molecule has 0 atom stereocenters. The van der Waals surface area contributed by atoms with Gasteiger partial charge in [-0.05, 0) is 49.2 Å². The highest BCUT2D eigenvalue weighted by Crippen LogP contribution is 2.32. The summed E-state index contributed by atoms with van der Waals surface area (Å²) in [7, 11) is 0.336. The molecule has 1 saturated carbocycles. The molecule has 1 amide bonds. The minimum Gasteiger partial charge on any atom is -0.495 e. The molecule has 31 heavy (non-hydrogen) atoms. The highest BCUT2D eigenvalue weighted by Gasteiger charge is 2.43. The molecule has 0 bridgehead atoms. The summed E-state index contributed by atoms with van der Waals surface area (Å²) >= 11 is 0. The van der Waals surface area contributed by atoms with Gasteiger partial charge in [0, 0.05) is 12.6 Å². The van der Waals surface area contributed by atoms with Crippen LogP contribution >= 0.6 is 0 Å². The van der Waals surface area contributed by atoms with E-state index in [2.05, 4.69) is 5.32 Å². The largest absolute Gasteiger partial charge is 0.495 e. The molecule has 9 heteroatoms. The molecule has 166 valence electrons. The molecule has 0 saturated heterocycles. The molecule has 0 spiro atoms. The Bertz CT molecular complexity index is 1060. The second-order valence-corrected chi connectivity index (χ2v) is 9.37. The van der Waals surface area contributed by atoms with Gasteiger partial charge < -0.3 is 14.8 Å². The van der Waals surface area contributed by atoms with E-state index in [0.717, 1.165) is 17.1 Å². The van der Waals surface area contributed by atoms with E-state index in [1.54, 1.807) is 24.3 Å². The quantitative estimate of drug-likeness (QED) is 0.656. The molecule has 2 aromatic carbocycles. The SMILES string of the molecule is COC(=O)C1(NC(=O)c2ccc(S(=O)(=O)N(C)c3ccccc3OC)cc2)CCCC1. The molecule has 1 fully saturated rings. The summed E-state index contributed by atoms with van der Waals surface area (Å²) < 4.78 is 37.4. The summed E-state index contributed by atoms with van der Waals surface area (Å²) in [5.74, 6) is -0.487. The Labute approximate surface area is 182 Å². The van der Waals surface area contributed by atoms with Crippen LogP contribution in [0, 0.1) is 0 Å². The lowest BCUT2D eigenvalue weighted by Gasteiger charge is -2.27. The van der Waals surface area contributed by atoms with Crippen molar-refractivity contribution in [2.24, 2.45) is 0 Å². The van der Waals surface area contributed by atoms with Crippen molar-refractivity contribution in [2.45, 2.75) is 36.1 Å². The number of para-hydroxylation sites is 2. The fraction of sp³-hybridized carbons (Fsp3) is 0.364. The van der Waals surface area contributed by atoms with Crippen LogP contribution in [0.3, 0.4) is 0 Å². The monoisotopic (exact) mass is 446 g/mol. The standard InChI is InChI=1S/C22H26N2O6S/c1-24(18-8-4-5-9-19(18)29-2)31(27,28)17-12-10-16(11-13-17)20(25)23-22(21(26)30-3)14-6-7-15-22/h4-5,8-13H,6-7,14-15H2,1-3H3,(H,23,25). The van der Waals surface area contributed by atoms with E-state index in [1.807, 2.05) is 0 Å². The fourth-order valence-electron chi connectivity index (χ4n) is 3.80. The summed E-state index contributed by atoms with van der Waals surface area (Å²) in [6.45, 7) is 0. The molecule has 0 aliphatic heterocycles. The maximum atomic E-state index is 13.0. The Balaban J connectivity index is 1.82. The topological polar surface area (TPSA) is 102 Å². The van der Waals surface area contributed by atoms with Crippen molar-refractivity contribution in [3.63, 3.8) is 0 Å². The van der Waals surface area contributed by atoms with Gasteiger partial charge >= 0.3 is 5.97 Å². The number of anilines is 1. The molecule has 0 radical (unpaired) electrons. The number of methoxy groups -OCH3 is 2. The molecule has 3 rings (SSSR count). The van der Waals surface area contributed by atoms with Crippen LogP contribution in [0.1, 0.15) is 36.0 Å². The summed E-state index contributed by atoms with van der Waals surface area (Å²) in [5, 5.41) is 2.79. The number of carbonyl (C=O) groups excluding carboxylic acids is 2. The van der Waals surface area contributed by atoms with Gasteiger partial charge in [0.1, 0.15) is 11.3 Å². The molecule has 1 aliphatic carbocycles. The number of esters is 1. The molecular formula is C22H26N2O6S. The second kappa shape index (κ2) is 8.97. The van der Waals surface area contributed by atoms with Crippen LogP contribution in [-0.2, 0) is 19.6 Å². The summed E-state index contributed by atoms with van der Waals surface area (Å²) in [6, 6.07) is 12.4. The maximum Gasteiger partial charge on any atom is 0.331 e. The molecular weight excluding hydrogens is 420 g/mol. The minimum absolute atomic E-state index is 0.0287. The number of sulfonamides is 1. The molecule has 8 nitrogen and oxygen atoms in total. The van der Waals surface area contributed by atoms with Gasteiger partial charge in [-0.3, -0.25) is 9.10 Å². The maximum absolute atomic E-state index is 13.0. The molecule has 0 heterocycles. The smallest absolute Gasteiger partial charge is 0.331 e. The number of amides is 1. The van der Waals surface area contributed by atoms with Crippen LogP contribution in [0.15, 0.2) is 53.4 Å². The van der Waals surface area contributed by atoms with Crippen LogP contribution in [-0.4, -0.2) is 47.1 Å². The predicted octanol–water partition coefficient (Wildman–Crippen LogP) is 2.74. The number of nitrogens with zero attached hydrogens (tertiary/aromatic N) is 1. The Morgan fingerprint density at radius 2 is 1.61 bits per heavy atom. The molecule has 0 unspecified atom stereocenters. The van der Waals surface area contributed by atoms with Crippen LogP contribution in [0.25, 0.3) is 0 Å². The zero-order valence-corrected chi connectivity index (χ0v) is 18.6. The van der Waals surface area contributed by atoms with Crippen molar-refractivity contribution < 1.29 is 27.5 Å². The van der Waals surface area contributed by atoms with Gasteiger partial charge in [0.15, 0.2) is 0 Å². The summed E-state index contributed by atoms with van der Waals surface area (Å²) in [5.41, 5.74) is -0.372. The van der Waals surface area contributed by atoms with Gasteiger partial charge in [0.2, 0.25) is 0 Å². The Morgan fingerprint density at radius 3 is 2.19 bits per heavy atom. The number of benzene rings is 2. The van der Waals surface area contributed by atoms with Crippen molar-refractivity contribution in [2.75, 3.05) is 25.6 Å². The highest BCUT2D eigenvalue weighted by molar-refractivity contribution is 7.92. The van der Waals surface area contributed by atoms with Crippen LogP contribution in [0.4, 0.5) is 5.69 Å². The number of carbonyl (C=O) groups is 2. The van der Waals surface area contributed by atoms with E-state index in [1.165, 1.54) is 45.5 Å². The van der Waals surface area contributed by atoms with E-state index >= 15 is 0 Å². The number of ether oxygens (including phenoxy) is 2. The van der Waals surface area contributed by atoms with Crippen molar-refractivity contribution in [3.05, 3.63) is 54.1 Å². The summed E-state index contributed by atoms with van der Waals surface area (Å²) in [4.78, 5) is 25.0. The number of nitrogens with one attached hydrogen (secondary N) is 1. The van der Waals surface area contributed by atoms with Gasteiger partial charge in [-0.1, -0.05) is 25.0 Å². The van der Waals surface area contributed by atoms with Crippen LogP contribution < -0.4 is 14.4 Å². The van der Waals surface area contributed by atoms with E-state index in [0.29, 0.717) is 24.3 Å². The van der Waals surface area contributed by atoms with Gasteiger partial charge in [-0.15, -0.1) is 0 Å². The molecule has 2 aromatic rings. The first-order valence-electron chi connectivity index (χ1n) is 9.88. The first kappa shape index (κ1) is 22.6. The molecule has 0 aromatic heterocycles. The Kier molecular flexibility index (Phi) is 6.54. The molecule has 1 N–H and O–H groups in total. The fourth-order valence-corrected chi connectivity index (χ4v) is 5.01. The van der Waals surface area contributed by atoms with E-state index in [4.69, 9.17) is 9.47 Å².